The number of hydrogen-bond acceptors (Lipinski definition) is 3. The summed E-state index contributed by atoms with van der Waals surface area (Å²) in [6.07, 6.45) is 2.25. The van der Waals surface area contributed by atoms with Gasteiger partial charge in [0.1, 0.15) is 0 Å². The zero-order valence-corrected chi connectivity index (χ0v) is 11.4. The van der Waals surface area contributed by atoms with E-state index < -0.39 is 0 Å². The third kappa shape index (κ3) is 4.34. The molecule has 1 heterocycles. The lowest BCUT2D eigenvalue weighted by Gasteiger charge is -2.30. The first-order valence-electron chi connectivity index (χ1n) is 6.29. The van der Waals surface area contributed by atoms with E-state index in [1.165, 1.54) is 0 Å². The normalized spacial score (nSPS) is 19.8. The molecule has 0 spiro atoms. The van der Waals surface area contributed by atoms with Crippen LogP contribution < -0.4 is 10.6 Å². The van der Waals surface area contributed by atoms with E-state index in [4.69, 9.17) is 0 Å². The molecule has 1 unspecified atom stereocenters. The summed E-state index contributed by atoms with van der Waals surface area (Å²) in [6, 6.07) is 0. The first-order valence-corrected chi connectivity index (χ1v) is 7.23. The summed E-state index contributed by atoms with van der Waals surface area (Å²) in [5.74, 6) is 0.772. The van der Waals surface area contributed by atoms with Crippen molar-refractivity contribution in [1.82, 2.24) is 10.6 Å². The van der Waals surface area contributed by atoms with Crippen LogP contribution in [0.15, 0.2) is 0 Å². The van der Waals surface area contributed by atoms with Crippen molar-refractivity contribution in [1.29, 1.82) is 0 Å². The van der Waals surface area contributed by atoms with Crippen molar-refractivity contribution in [3.63, 3.8) is 0 Å². The summed E-state index contributed by atoms with van der Waals surface area (Å²) in [7, 11) is 0. The standard InChI is InChI=1S/C12H24N2OS/c1-4-14-12(15)11(16-9(2)3)10-5-7-13-8-6-10/h9-11,13H,4-8H2,1-3H3,(H,14,15). The van der Waals surface area contributed by atoms with Crippen molar-refractivity contribution in [2.45, 2.75) is 44.1 Å². The van der Waals surface area contributed by atoms with Gasteiger partial charge in [-0.3, -0.25) is 4.79 Å². The largest absolute Gasteiger partial charge is 0.355 e. The van der Waals surface area contributed by atoms with Crippen molar-refractivity contribution in [2.75, 3.05) is 19.6 Å². The van der Waals surface area contributed by atoms with E-state index in [-0.39, 0.29) is 11.2 Å². The molecule has 3 nitrogen and oxygen atoms in total. The van der Waals surface area contributed by atoms with Gasteiger partial charge in [-0.1, -0.05) is 13.8 Å². The SMILES string of the molecule is CCNC(=O)C(SC(C)C)C1CCNCC1. The summed E-state index contributed by atoms with van der Waals surface area (Å²) in [6.45, 7) is 9.16. The van der Waals surface area contributed by atoms with Crippen molar-refractivity contribution in [3.8, 4) is 0 Å². The number of carbonyl (C=O) groups is 1. The Hall–Kier alpha value is -0.220. The number of rotatable bonds is 5. The Morgan fingerprint density at radius 1 is 1.44 bits per heavy atom. The number of hydrogen-bond donors (Lipinski definition) is 2. The lowest BCUT2D eigenvalue weighted by molar-refractivity contribution is -0.121. The lowest BCUT2D eigenvalue weighted by Crippen LogP contribution is -2.42. The number of amides is 1. The maximum absolute atomic E-state index is 12.0. The summed E-state index contributed by atoms with van der Waals surface area (Å²) in [5.41, 5.74) is 0. The molecule has 0 aromatic rings. The van der Waals surface area contributed by atoms with Crippen molar-refractivity contribution in [2.24, 2.45) is 5.92 Å². The predicted octanol–water partition coefficient (Wildman–Crippen LogP) is 1.63. The van der Waals surface area contributed by atoms with E-state index in [0.717, 1.165) is 32.5 Å². The Morgan fingerprint density at radius 2 is 2.06 bits per heavy atom. The van der Waals surface area contributed by atoms with E-state index in [2.05, 4.69) is 24.5 Å². The van der Waals surface area contributed by atoms with Gasteiger partial charge in [-0.15, -0.1) is 11.8 Å². The van der Waals surface area contributed by atoms with Crippen LogP contribution in [-0.2, 0) is 4.79 Å². The van der Waals surface area contributed by atoms with Gasteiger partial charge in [0.2, 0.25) is 5.91 Å². The fourth-order valence-corrected chi connectivity index (χ4v) is 3.39. The minimum Gasteiger partial charge on any atom is -0.355 e. The third-order valence-corrected chi connectivity index (χ3v) is 4.28. The second-order valence-corrected chi connectivity index (χ2v) is 6.31. The molecular formula is C12H24N2OS. The highest BCUT2D eigenvalue weighted by Gasteiger charge is 2.30. The predicted molar refractivity (Wildman–Crippen MR) is 70.8 cm³/mol. The zero-order valence-electron chi connectivity index (χ0n) is 10.6. The van der Waals surface area contributed by atoms with E-state index in [0.29, 0.717) is 11.2 Å². The van der Waals surface area contributed by atoms with Gasteiger partial charge >= 0.3 is 0 Å². The van der Waals surface area contributed by atoms with E-state index in [1.54, 1.807) is 0 Å². The first kappa shape index (κ1) is 13.8. The molecule has 1 fully saturated rings. The minimum absolute atomic E-state index is 0.141. The third-order valence-electron chi connectivity index (χ3n) is 2.84. The zero-order chi connectivity index (χ0) is 12.0. The summed E-state index contributed by atoms with van der Waals surface area (Å²) < 4.78 is 0. The van der Waals surface area contributed by atoms with Crippen molar-refractivity contribution >= 4 is 17.7 Å². The highest BCUT2D eigenvalue weighted by Crippen LogP contribution is 2.29. The Kier molecular flexibility index (Phi) is 6.21. The fourth-order valence-electron chi connectivity index (χ4n) is 2.10. The van der Waals surface area contributed by atoms with Gasteiger partial charge < -0.3 is 10.6 Å². The molecule has 1 atom stereocenters. The Labute approximate surface area is 103 Å². The van der Waals surface area contributed by atoms with Gasteiger partial charge in [0.15, 0.2) is 0 Å². The smallest absolute Gasteiger partial charge is 0.233 e. The quantitative estimate of drug-likeness (QED) is 0.772. The Balaban J connectivity index is 2.57. The molecule has 0 saturated carbocycles. The van der Waals surface area contributed by atoms with Crippen LogP contribution >= 0.6 is 11.8 Å². The van der Waals surface area contributed by atoms with E-state index in [1.807, 2.05) is 18.7 Å². The molecule has 0 bridgehead atoms. The average Bonchev–Trinajstić information content (AvgIpc) is 2.27. The molecule has 1 amide bonds. The van der Waals surface area contributed by atoms with E-state index >= 15 is 0 Å². The lowest BCUT2D eigenvalue weighted by atomic mass is 9.94. The van der Waals surface area contributed by atoms with Crippen LogP contribution in [0.1, 0.15) is 33.6 Å². The molecule has 1 rings (SSSR count). The molecule has 4 heteroatoms. The molecule has 2 N–H and O–H groups in total. The van der Waals surface area contributed by atoms with Gasteiger partial charge in [-0.05, 0) is 44.0 Å². The summed E-state index contributed by atoms with van der Waals surface area (Å²) in [5, 5.41) is 6.98. The topological polar surface area (TPSA) is 41.1 Å². The maximum Gasteiger partial charge on any atom is 0.233 e. The maximum atomic E-state index is 12.0. The van der Waals surface area contributed by atoms with Crippen LogP contribution in [0.3, 0.4) is 0 Å². The molecule has 0 aromatic heterocycles. The van der Waals surface area contributed by atoms with Crippen molar-refractivity contribution in [3.05, 3.63) is 0 Å². The van der Waals surface area contributed by atoms with Crippen molar-refractivity contribution < 1.29 is 4.79 Å². The average molecular weight is 244 g/mol. The van der Waals surface area contributed by atoms with Crippen LogP contribution in [0.5, 0.6) is 0 Å². The van der Waals surface area contributed by atoms with Gasteiger partial charge in [0, 0.05) is 6.54 Å². The number of carbonyl (C=O) groups excluding carboxylic acids is 1. The molecule has 1 saturated heterocycles. The number of nitrogens with one attached hydrogen (secondary N) is 2. The highest BCUT2D eigenvalue weighted by atomic mass is 32.2. The van der Waals surface area contributed by atoms with Gasteiger partial charge in [0.05, 0.1) is 5.25 Å². The first-order chi connectivity index (χ1) is 7.65. The molecule has 1 aliphatic rings. The second-order valence-electron chi connectivity index (χ2n) is 4.59. The molecule has 1 aliphatic heterocycles. The Bertz CT molecular complexity index is 215. The molecule has 0 aliphatic carbocycles. The number of thioether (sulfide) groups is 1. The Morgan fingerprint density at radius 3 is 2.56 bits per heavy atom. The van der Waals surface area contributed by atoms with Crippen LogP contribution in [-0.4, -0.2) is 36.0 Å². The number of piperidine rings is 1. The molecular weight excluding hydrogens is 220 g/mol. The van der Waals surface area contributed by atoms with Crippen LogP contribution in [0.25, 0.3) is 0 Å². The molecule has 94 valence electrons. The van der Waals surface area contributed by atoms with Crippen LogP contribution in [0, 0.1) is 5.92 Å². The van der Waals surface area contributed by atoms with Crippen LogP contribution in [0.2, 0.25) is 0 Å². The van der Waals surface area contributed by atoms with E-state index in [9.17, 15) is 4.79 Å². The van der Waals surface area contributed by atoms with Gasteiger partial charge in [0.25, 0.3) is 0 Å². The minimum atomic E-state index is 0.141. The fraction of sp³-hybridized carbons (Fsp3) is 0.917. The molecule has 0 radical (unpaired) electrons. The molecule has 16 heavy (non-hydrogen) atoms. The summed E-state index contributed by atoms with van der Waals surface area (Å²) in [4.78, 5) is 12.0. The van der Waals surface area contributed by atoms with Crippen LogP contribution in [0.4, 0.5) is 0 Å². The second kappa shape index (κ2) is 7.17. The van der Waals surface area contributed by atoms with Gasteiger partial charge in [-0.2, -0.15) is 0 Å². The molecule has 0 aromatic carbocycles. The van der Waals surface area contributed by atoms with Gasteiger partial charge in [-0.25, -0.2) is 0 Å². The monoisotopic (exact) mass is 244 g/mol. The highest BCUT2D eigenvalue weighted by molar-refractivity contribution is 8.01. The summed E-state index contributed by atoms with van der Waals surface area (Å²) >= 11 is 1.81.